The largest absolute Gasteiger partial charge is 0.462 e. The second kappa shape index (κ2) is 7.95. The number of fused-ring (bicyclic) bond motifs is 3. The van der Waals surface area contributed by atoms with E-state index in [0.29, 0.717) is 17.7 Å². The lowest BCUT2D eigenvalue weighted by molar-refractivity contribution is -0.141. The third kappa shape index (κ3) is 3.09. The van der Waals surface area contributed by atoms with Gasteiger partial charge in [-0.1, -0.05) is 58.2 Å². The lowest BCUT2D eigenvalue weighted by atomic mass is 9.61. The van der Waals surface area contributed by atoms with E-state index in [4.69, 9.17) is 15.2 Å². The van der Waals surface area contributed by atoms with E-state index >= 15 is 4.79 Å². The van der Waals surface area contributed by atoms with E-state index < -0.39 is 11.4 Å². The Morgan fingerprint density at radius 2 is 1.89 bits per heavy atom. The molecule has 2 spiro atoms. The van der Waals surface area contributed by atoms with E-state index in [1.165, 1.54) is 0 Å². The number of ether oxygens (including phenoxy) is 2. The maximum absolute atomic E-state index is 15.1. The van der Waals surface area contributed by atoms with E-state index in [-0.39, 0.29) is 58.6 Å². The topological polar surface area (TPSA) is 98.9 Å². The molecule has 196 valence electrons. The van der Waals surface area contributed by atoms with Crippen LogP contribution in [0.3, 0.4) is 0 Å². The second-order valence-corrected chi connectivity index (χ2v) is 12.3. The van der Waals surface area contributed by atoms with Crippen LogP contribution in [-0.4, -0.2) is 29.8 Å². The van der Waals surface area contributed by atoms with Crippen molar-refractivity contribution in [3.8, 4) is 0 Å². The average Bonchev–Trinajstić information content (AvgIpc) is 3.07. The van der Waals surface area contributed by atoms with Crippen molar-refractivity contribution in [3.63, 3.8) is 0 Å². The second-order valence-electron chi connectivity index (χ2n) is 12.3. The smallest absolute Gasteiger partial charge is 0.341 e. The van der Waals surface area contributed by atoms with Crippen LogP contribution >= 0.6 is 0 Å². The van der Waals surface area contributed by atoms with Crippen LogP contribution in [0.1, 0.15) is 96.1 Å². The number of anilines is 1. The summed E-state index contributed by atoms with van der Waals surface area (Å²) in [6, 6.07) is 5.92. The Kier molecular flexibility index (Phi) is 5.21. The molecule has 1 saturated carbocycles. The van der Waals surface area contributed by atoms with Crippen molar-refractivity contribution in [3.05, 3.63) is 52.1 Å². The molecule has 0 radical (unpaired) electrons. The molecule has 7 heteroatoms. The molecular weight excluding hydrogens is 468 g/mol. The van der Waals surface area contributed by atoms with Crippen LogP contribution in [0.15, 0.2) is 41.0 Å². The maximum atomic E-state index is 15.1. The number of amides is 1. The lowest BCUT2D eigenvalue weighted by Gasteiger charge is -2.51. The summed E-state index contributed by atoms with van der Waals surface area (Å²) in [5.74, 6) is -0.618. The molecule has 1 aromatic rings. The van der Waals surface area contributed by atoms with Crippen LogP contribution in [0, 0.1) is 5.41 Å². The summed E-state index contributed by atoms with van der Waals surface area (Å²) >= 11 is 0. The zero-order chi connectivity index (χ0) is 26.3. The highest BCUT2D eigenvalue weighted by atomic mass is 16.5. The van der Waals surface area contributed by atoms with Crippen LogP contribution in [-0.2, 0) is 29.3 Å². The van der Waals surface area contributed by atoms with E-state index in [9.17, 15) is 9.59 Å². The summed E-state index contributed by atoms with van der Waals surface area (Å²) in [5, 5.41) is 0. The van der Waals surface area contributed by atoms with E-state index in [2.05, 4.69) is 13.0 Å². The molecule has 1 aromatic carbocycles. The number of nitrogens with zero attached hydrogens (tertiary/aromatic N) is 1. The SMILES string of the molecule is CCOC(=O)C1=C(N)OC2=C(C(=O)CC(C)(C)C2)[C@@]12C(=O)N1c3c(cccc32)[C@@H](C)CC12CCCCC2. The molecule has 0 bridgehead atoms. The van der Waals surface area contributed by atoms with Gasteiger partial charge in [-0.2, -0.15) is 0 Å². The van der Waals surface area contributed by atoms with Gasteiger partial charge in [-0.3, -0.25) is 9.59 Å². The summed E-state index contributed by atoms with van der Waals surface area (Å²) in [4.78, 5) is 44.7. The summed E-state index contributed by atoms with van der Waals surface area (Å²) in [6.45, 7) is 8.06. The van der Waals surface area contributed by atoms with Crippen LogP contribution in [0.4, 0.5) is 5.69 Å². The summed E-state index contributed by atoms with van der Waals surface area (Å²) in [7, 11) is 0. The summed E-state index contributed by atoms with van der Waals surface area (Å²) in [5.41, 5.74) is 6.99. The number of para-hydroxylation sites is 1. The molecule has 7 nitrogen and oxygen atoms in total. The van der Waals surface area contributed by atoms with Gasteiger partial charge in [0.1, 0.15) is 16.7 Å². The number of hydrogen-bond donors (Lipinski definition) is 1. The number of carbonyl (C=O) groups excluding carboxylic acids is 3. The van der Waals surface area contributed by atoms with Gasteiger partial charge in [0.2, 0.25) is 11.8 Å². The minimum absolute atomic E-state index is 0.0485. The average molecular weight is 505 g/mol. The molecule has 5 aliphatic rings. The Bertz CT molecular complexity index is 1300. The first-order valence-corrected chi connectivity index (χ1v) is 13.7. The third-order valence-corrected chi connectivity index (χ3v) is 9.24. The fourth-order valence-electron chi connectivity index (χ4n) is 7.96. The highest BCUT2D eigenvalue weighted by Gasteiger charge is 2.68. The number of hydrogen-bond acceptors (Lipinski definition) is 6. The quantitative estimate of drug-likeness (QED) is 0.576. The first-order valence-electron chi connectivity index (χ1n) is 13.7. The molecule has 1 fully saturated rings. The first-order chi connectivity index (χ1) is 17.6. The number of esters is 1. The molecule has 0 unspecified atom stereocenters. The van der Waals surface area contributed by atoms with Gasteiger partial charge in [-0.05, 0) is 43.1 Å². The Morgan fingerprint density at radius 3 is 2.59 bits per heavy atom. The molecular formula is C30H36N2O5. The van der Waals surface area contributed by atoms with Crippen molar-refractivity contribution in [2.75, 3.05) is 11.5 Å². The van der Waals surface area contributed by atoms with E-state index in [1.54, 1.807) is 6.92 Å². The predicted octanol–water partition coefficient (Wildman–Crippen LogP) is 4.89. The third-order valence-electron chi connectivity index (χ3n) is 9.24. The van der Waals surface area contributed by atoms with Gasteiger partial charge in [-0.15, -0.1) is 0 Å². The van der Waals surface area contributed by atoms with Crippen molar-refractivity contribution in [2.45, 2.75) is 95.9 Å². The molecule has 2 atom stereocenters. The molecule has 3 heterocycles. The Hall–Kier alpha value is -3.09. The standard InChI is InChI=1S/C30H36N2O5/c1-5-36-26(34)23-25(31)37-21-16-28(3,4)15-20(33)22(21)30(23)19-11-9-10-18-17(2)14-29(12-7-6-8-13-29)32(24(18)19)27(30)35/h9-11,17H,5-8,12-16,31H2,1-4H3/t17-,30+/m0/s1. The number of ketones is 1. The molecule has 0 aromatic heterocycles. The Labute approximate surface area is 218 Å². The van der Waals surface area contributed by atoms with E-state index in [0.717, 1.165) is 49.8 Å². The maximum Gasteiger partial charge on any atom is 0.341 e. The van der Waals surface area contributed by atoms with Crippen LogP contribution in [0.25, 0.3) is 0 Å². The number of rotatable bonds is 2. The summed E-state index contributed by atoms with van der Waals surface area (Å²) in [6.07, 6.45) is 6.64. The number of carbonyl (C=O) groups is 3. The fourth-order valence-corrected chi connectivity index (χ4v) is 7.96. The molecule has 0 saturated heterocycles. The molecule has 37 heavy (non-hydrogen) atoms. The number of Topliss-reactive ketones (excluding diaryl/α,β-unsaturated/α-hetero) is 1. The highest BCUT2D eigenvalue weighted by molar-refractivity contribution is 6.24. The first kappa shape index (κ1) is 24.3. The number of allylic oxidation sites excluding steroid dienone is 1. The molecule has 2 aliphatic carbocycles. The van der Waals surface area contributed by atoms with Crippen molar-refractivity contribution in [1.29, 1.82) is 0 Å². The zero-order valence-electron chi connectivity index (χ0n) is 22.2. The minimum atomic E-state index is -1.66. The molecule has 3 aliphatic heterocycles. The predicted molar refractivity (Wildman–Crippen MR) is 138 cm³/mol. The zero-order valence-corrected chi connectivity index (χ0v) is 22.2. The molecule has 2 N–H and O–H groups in total. The van der Waals surface area contributed by atoms with Crippen molar-refractivity contribution >= 4 is 23.3 Å². The van der Waals surface area contributed by atoms with Crippen LogP contribution in [0.2, 0.25) is 0 Å². The monoisotopic (exact) mass is 504 g/mol. The lowest BCUT2D eigenvalue weighted by Crippen LogP contribution is -2.59. The molecule has 1 amide bonds. The van der Waals surface area contributed by atoms with Crippen molar-refractivity contribution < 1.29 is 23.9 Å². The minimum Gasteiger partial charge on any atom is -0.462 e. The molecule has 6 rings (SSSR count). The fraction of sp³-hybridized carbons (Fsp3) is 0.567. The van der Waals surface area contributed by atoms with Crippen molar-refractivity contribution in [2.24, 2.45) is 11.1 Å². The Morgan fingerprint density at radius 1 is 1.16 bits per heavy atom. The van der Waals surface area contributed by atoms with Crippen LogP contribution in [0.5, 0.6) is 0 Å². The van der Waals surface area contributed by atoms with Crippen LogP contribution < -0.4 is 10.6 Å². The van der Waals surface area contributed by atoms with Gasteiger partial charge < -0.3 is 20.1 Å². The number of nitrogens with two attached hydrogens (primary N) is 1. The number of benzene rings is 1. The van der Waals surface area contributed by atoms with Gasteiger partial charge in [0.05, 0.1) is 17.9 Å². The van der Waals surface area contributed by atoms with E-state index in [1.807, 2.05) is 30.9 Å². The highest BCUT2D eigenvalue weighted by Crippen LogP contribution is 2.63. The van der Waals surface area contributed by atoms with Gasteiger partial charge in [0, 0.05) is 23.9 Å². The van der Waals surface area contributed by atoms with Gasteiger partial charge in [-0.25, -0.2) is 4.79 Å². The van der Waals surface area contributed by atoms with Gasteiger partial charge in [0.25, 0.3) is 0 Å². The van der Waals surface area contributed by atoms with Gasteiger partial charge >= 0.3 is 5.97 Å². The normalized spacial score (nSPS) is 29.4. The van der Waals surface area contributed by atoms with Gasteiger partial charge in [0.15, 0.2) is 5.78 Å². The Balaban J connectivity index is 1.70. The summed E-state index contributed by atoms with van der Waals surface area (Å²) < 4.78 is 11.5. The van der Waals surface area contributed by atoms with Crippen molar-refractivity contribution in [1.82, 2.24) is 0 Å².